The van der Waals surface area contributed by atoms with Gasteiger partial charge in [-0.3, -0.25) is 4.79 Å². The number of Topliss-reactive ketones (excluding diaryl/α,β-unsaturated/α-hetero) is 1. The van der Waals surface area contributed by atoms with Crippen molar-refractivity contribution >= 4 is 39.8 Å². The van der Waals surface area contributed by atoms with E-state index in [4.69, 9.17) is 0 Å². The second-order valence-corrected chi connectivity index (χ2v) is 24.8. The van der Waals surface area contributed by atoms with Gasteiger partial charge in [-0.25, -0.2) is 13.1 Å². The number of carbonyl (C=O) groups is 1. The van der Waals surface area contributed by atoms with E-state index >= 15 is 0 Å². The van der Waals surface area contributed by atoms with Crippen LogP contribution in [0.15, 0.2) is 29.2 Å². The van der Waals surface area contributed by atoms with E-state index in [2.05, 4.69) is 68.4 Å². The fourth-order valence-electron chi connectivity index (χ4n) is 9.50. The predicted octanol–water partition coefficient (Wildman–Crippen LogP) is 8.97. The summed E-state index contributed by atoms with van der Waals surface area (Å²) in [4.78, 5) is 12.9. The van der Waals surface area contributed by atoms with Gasteiger partial charge < -0.3 is 0 Å². The molecule has 236 valence electrons. The molecule has 3 unspecified atom stereocenters. The molecule has 0 radical (unpaired) electrons. The topological polar surface area (TPSA) is 63.2 Å². The Kier molecular flexibility index (Phi) is 7.89. The second-order valence-electron chi connectivity index (χ2n) is 15.9. The van der Waals surface area contributed by atoms with Crippen LogP contribution < -0.4 is 4.72 Å². The number of ketones is 1. The summed E-state index contributed by atoms with van der Waals surface area (Å²) in [6, 6.07) is 3.35. The summed E-state index contributed by atoms with van der Waals surface area (Å²) in [6.45, 7) is 16.4. The molecule has 8 atom stereocenters. The maximum absolute atomic E-state index is 13.9. The maximum atomic E-state index is 13.9. The molecule has 4 fully saturated rings. The Morgan fingerprint density at radius 3 is 2.17 bits per heavy atom. The van der Waals surface area contributed by atoms with Gasteiger partial charge in [0.25, 0.3) is 0 Å². The summed E-state index contributed by atoms with van der Waals surface area (Å²) in [5.74, 6) is 1.17. The highest BCUT2D eigenvalue weighted by atomic mass is 79.9. The van der Waals surface area contributed by atoms with Crippen LogP contribution in [-0.2, 0) is 21.0 Å². The van der Waals surface area contributed by atoms with Crippen LogP contribution in [0.3, 0.4) is 0 Å². The fourth-order valence-corrected chi connectivity index (χ4v) is 15.4. The van der Waals surface area contributed by atoms with Crippen LogP contribution in [0.5, 0.6) is 0 Å². The van der Waals surface area contributed by atoms with Gasteiger partial charge in [0.15, 0.2) is 0 Å². The number of rotatable bonds is 4. The van der Waals surface area contributed by atoms with Gasteiger partial charge in [-0.1, -0.05) is 70.1 Å². The Morgan fingerprint density at radius 2 is 1.60 bits per heavy atom. The number of hydrogen-bond donors (Lipinski definition) is 1. The number of benzene rings is 1. The average Bonchev–Trinajstić information content (AvgIpc) is 3.18. The quantitative estimate of drug-likeness (QED) is 0.254. The molecule has 0 spiro atoms. The van der Waals surface area contributed by atoms with Crippen molar-refractivity contribution in [3.63, 3.8) is 0 Å². The summed E-state index contributed by atoms with van der Waals surface area (Å²) >= 11 is 4.30. The van der Waals surface area contributed by atoms with Crippen LogP contribution in [0, 0.1) is 28.6 Å². The molecule has 1 N–H and O–H groups in total. The van der Waals surface area contributed by atoms with Gasteiger partial charge >= 0.3 is 6.18 Å². The predicted molar refractivity (Wildman–Crippen MR) is 167 cm³/mol. The van der Waals surface area contributed by atoms with Crippen LogP contribution in [0.25, 0.3) is 0 Å². The number of sulfonamides is 1. The van der Waals surface area contributed by atoms with Crippen molar-refractivity contribution < 1.29 is 26.4 Å². The fraction of sp³-hybridized carbons (Fsp3) is 0.781. The molecule has 0 aromatic heterocycles. The molecule has 4 saturated carbocycles. The van der Waals surface area contributed by atoms with Crippen LogP contribution in [0.1, 0.15) is 91.5 Å². The minimum absolute atomic E-state index is 0.156. The number of hydrogen-bond acceptors (Lipinski definition) is 3. The molecule has 4 nitrogen and oxygen atoms in total. The van der Waals surface area contributed by atoms with Gasteiger partial charge in [-0.2, -0.15) is 13.2 Å². The normalized spacial score (nSPS) is 39.4. The molecule has 5 rings (SSSR count). The van der Waals surface area contributed by atoms with Crippen LogP contribution >= 0.6 is 15.9 Å². The van der Waals surface area contributed by atoms with Crippen LogP contribution in [0.4, 0.5) is 13.2 Å². The highest BCUT2D eigenvalue weighted by molar-refractivity contribution is 9.10. The van der Waals surface area contributed by atoms with E-state index in [0.29, 0.717) is 30.1 Å². The third-order valence-corrected chi connectivity index (χ3v) is 22.9. The third kappa shape index (κ3) is 4.91. The van der Waals surface area contributed by atoms with Crippen molar-refractivity contribution in [1.82, 2.24) is 4.72 Å². The Hall–Kier alpha value is -0.713. The minimum Gasteiger partial charge on any atom is -0.299 e. The van der Waals surface area contributed by atoms with E-state index in [1.807, 2.05) is 0 Å². The first kappa shape index (κ1) is 32.7. The average molecular weight is 691 g/mol. The van der Waals surface area contributed by atoms with E-state index in [0.717, 1.165) is 62.8 Å². The molecule has 0 saturated heterocycles. The zero-order valence-corrected chi connectivity index (χ0v) is 29.4. The van der Waals surface area contributed by atoms with Crippen molar-refractivity contribution in [3.8, 4) is 0 Å². The van der Waals surface area contributed by atoms with Crippen molar-refractivity contribution in [3.05, 3.63) is 29.8 Å². The van der Waals surface area contributed by atoms with E-state index in [1.165, 1.54) is 0 Å². The first-order chi connectivity index (χ1) is 19.1. The number of nitrogens with one attached hydrogen (secondary N) is 1. The first-order valence-corrected chi connectivity index (χ1v) is 20.9. The lowest BCUT2D eigenvalue weighted by atomic mass is 9.44. The van der Waals surface area contributed by atoms with E-state index in [9.17, 15) is 26.4 Å². The van der Waals surface area contributed by atoms with E-state index in [-0.39, 0.29) is 32.6 Å². The number of alkyl halides is 4. The monoisotopic (exact) mass is 689 g/mol. The van der Waals surface area contributed by atoms with Crippen molar-refractivity contribution in [2.24, 2.45) is 28.6 Å². The standard InChI is InChI=1S/C32H47BrF3NO3SSi/c1-28(2,3)42(6,7)22-14-17-30(5)25-15-16-29(4)24(12-13-27(29)38)23(25)18-26(31(30,33)19-22)37-41(39,40)21-10-8-20(9-11-21)32(34,35)36/h8-11,22-26,37H,12-19H2,1-7H3/t22-,23?,24?,25?,26+,29-,30+,31-/m0/s1. The van der Waals surface area contributed by atoms with Gasteiger partial charge in [-0.05, 0) is 96.5 Å². The molecule has 1 aromatic rings. The highest BCUT2D eigenvalue weighted by Crippen LogP contribution is 2.71. The largest absolute Gasteiger partial charge is 0.416 e. The van der Waals surface area contributed by atoms with Gasteiger partial charge in [0.05, 0.1) is 18.5 Å². The lowest BCUT2D eigenvalue weighted by Crippen LogP contribution is -2.69. The number of fused-ring (bicyclic) bond motifs is 5. The minimum atomic E-state index is -4.54. The molecular formula is C32H47BrF3NO3SSi. The van der Waals surface area contributed by atoms with Crippen molar-refractivity contribution in [2.75, 3.05) is 0 Å². The van der Waals surface area contributed by atoms with Crippen molar-refractivity contribution in [1.29, 1.82) is 0 Å². The van der Waals surface area contributed by atoms with Crippen molar-refractivity contribution in [2.45, 2.75) is 131 Å². The summed E-state index contributed by atoms with van der Waals surface area (Å²) in [6.07, 6.45) is 2.37. The molecule has 4 aliphatic carbocycles. The van der Waals surface area contributed by atoms with Crippen LogP contribution in [-0.4, -0.2) is 32.6 Å². The van der Waals surface area contributed by atoms with Gasteiger partial charge in [0.1, 0.15) is 5.78 Å². The molecule has 0 amide bonds. The van der Waals surface area contributed by atoms with Gasteiger partial charge in [0, 0.05) is 22.2 Å². The zero-order chi connectivity index (χ0) is 31.3. The molecule has 1 aromatic carbocycles. The van der Waals surface area contributed by atoms with E-state index < -0.39 is 40.2 Å². The maximum Gasteiger partial charge on any atom is 0.416 e. The molecule has 42 heavy (non-hydrogen) atoms. The molecule has 4 aliphatic rings. The Balaban J connectivity index is 1.56. The summed E-state index contributed by atoms with van der Waals surface area (Å²) in [5, 5.41) is 0.179. The Labute approximate surface area is 259 Å². The smallest absolute Gasteiger partial charge is 0.299 e. The Morgan fingerprint density at radius 1 is 0.976 bits per heavy atom. The molecule has 0 bridgehead atoms. The molecule has 10 heteroatoms. The van der Waals surface area contributed by atoms with Gasteiger partial charge in [0.2, 0.25) is 10.0 Å². The molecule has 0 aliphatic heterocycles. The summed E-state index contributed by atoms with van der Waals surface area (Å²) < 4.78 is 69.9. The second kappa shape index (κ2) is 10.1. The summed E-state index contributed by atoms with van der Waals surface area (Å²) in [7, 11) is -5.89. The SMILES string of the molecule is CC(C)(C)[Si](C)(C)[C@H]1CC[C@]2(C)C3CC[C@]4(C)C(=O)CCC4C3C[C@@H](NS(=O)(=O)c3ccc(C(F)(F)F)cc3)[C@@]2(Br)C1. The highest BCUT2D eigenvalue weighted by Gasteiger charge is 2.68. The van der Waals surface area contributed by atoms with Crippen LogP contribution in [0.2, 0.25) is 23.7 Å². The molecule has 0 heterocycles. The third-order valence-electron chi connectivity index (χ3n) is 13.3. The number of halogens is 4. The van der Waals surface area contributed by atoms with E-state index in [1.54, 1.807) is 0 Å². The lowest BCUT2D eigenvalue weighted by molar-refractivity contribution is -0.138. The number of carbonyl (C=O) groups excluding carboxylic acids is 1. The Bertz CT molecular complexity index is 1340. The van der Waals surface area contributed by atoms with Gasteiger partial charge in [-0.15, -0.1) is 0 Å². The first-order valence-electron chi connectivity index (χ1n) is 15.5. The molecular weight excluding hydrogens is 643 g/mol. The zero-order valence-electron chi connectivity index (χ0n) is 26.0. The summed E-state index contributed by atoms with van der Waals surface area (Å²) in [5.41, 5.74) is -0.918. The lowest BCUT2D eigenvalue weighted by Gasteiger charge is -2.67.